The molecule has 14 heavy (non-hydrogen) atoms. The standard InChI is InChI=1S/C11H21NO2/c1-3-12(4-2)8-9-6-5-7-10(13)11(9)14/h9-10,13H,3-8H2,1-2H3/t9-,10+/m1/s1. The normalized spacial score (nSPS) is 28.4. The van der Waals surface area contributed by atoms with Crippen LogP contribution in [0, 0.1) is 5.92 Å². The van der Waals surface area contributed by atoms with Gasteiger partial charge < -0.3 is 10.0 Å². The largest absolute Gasteiger partial charge is 0.385 e. The van der Waals surface area contributed by atoms with Gasteiger partial charge in [0.15, 0.2) is 5.78 Å². The Morgan fingerprint density at radius 3 is 2.57 bits per heavy atom. The number of aliphatic hydroxyl groups excluding tert-OH is 1. The molecule has 1 aliphatic carbocycles. The van der Waals surface area contributed by atoms with Crippen LogP contribution >= 0.6 is 0 Å². The molecular weight excluding hydrogens is 178 g/mol. The zero-order valence-electron chi connectivity index (χ0n) is 9.20. The summed E-state index contributed by atoms with van der Waals surface area (Å²) in [6.45, 7) is 7.00. The van der Waals surface area contributed by atoms with Gasteiger partial charge in [-0.15, -0.1) is 0 Å². The van der Waals surface area contributed by atoms with Gasteiger partial charge in [0, 0.05) is 12.5 Å². The van der Waals surface area contributed by atoms with E-state index in [1.54, 1.807) is 0 Å². The summed E-state index contributed by atoms with van der Waals surface area (Å²) in [6.07, 6.45) is 1.91. The number of hydrogen-bond donors (Lipinski definition) is 1. The summed E-state index contributed by atoms with van der Waals surface area (Å²) < 4.78 is 0. The number of nitrogens with zero attached hydrogens (tertiary/aromatic N) is 1. The van der Waals surface area contributed by atoms with E-state index in [4.69, 9.17) is 0 Å². The van der Waals surface area contributed by atoms with Crippen molar-refractivity contribution in [2.45, 2.75) is 39.2 Å². The molecule has 0 amide bonds. The van der Waals surface area contributed by atoms with Gasteiger partial charge in [-0.25, -0.2) is 0 Å². The summed E-state index contributed by atoms with van der Waals surface area (Å²) in [7, 11) is 0. The SMILES string of the molecule is CCN(CC)C[C@H]1CCC[C@H](O)C1=O. The van der Waals surface area contributed by atoms with Gasteiger partial charge in [0.25, 0.3) is 0 Å². The van der Waals surface area contributed by atoms with E-state index in [-0.39, 0.29) is 11.7 Å². The van der Waals surface area contributed by atoms with Gasteiger partial charge in [-0.3, -0.25) is 4.79 Å². The molecule has 0 aromatic rings. The second-order valence-corrected chi connectivity index (χ2v) is 4.03. The summed E-state index contributed by atoms with van der Waals surface area (Å²) >= 11 is 0. The molecule has 0 unspecified atom stereocenters. The van der Waals surface area contributed by atoms with Crippen molar-refractivity contribution < 1.29 is 9.90 Å². The van der Waals surface area contributed by atoms with Gasteiger partial charge in [-0.2, -0.15) is 0 Å². The minimum Gasteiger partial charge on any atom is -0.385 e. The van der Waals surface area contributed by atoms with Crippen molar-refractivity contribution in [3.8, 4) is 0 Å². The number of hydrogen-bond acceptors (Lipinski definition) is 3. The molecule has 82 valence electrons. The number of carbonyl (C=O) groups is 1. The van der Waals surface area contributed by atoms with Crippen molar-refractivity contribution in [2.24, 2.45) is 5.92 Å². The van der Waals surface area contributed by atoms with Crippen LogP contribution in [-0.4, -0.2) is 41.5 Å². The molecule has 0 aliphatic heterocycles. The lowest BCUT2D eigenvalue weighted by Gasteiger charge is -2.29. The Kier molecular flexibility index (Phi) is 4.55. The smallest absolute Gasteiger partial charge is 0.165 e. The Hall–Kier alpha value is -0.410. The van der Waals surface area contributed by atoms with Crippen molar-refractivity contribution in [1.29, 1.82) is 0 Å². The van der Waals surface area contributed by atoms with E-state index < -0.39 is 6.10 Å². The van der Waals surface area contributed by atoms with Crippen LogP contribution in [0.25, 0.3) is 0 Å². The zero-order valence-corrected chi connectivity index (χ0v) is 9.20. The lowest BCUT2D eigenvalue weighted by Crippen LogP contribution is -2.40. The Balaban J connectivity index is 2.46. The molecule has 0 aromatic carbocycles. The Labute approximate surface area is 86.1 Å². The molecule has 1 fully saturated rings. The minimum absolute atomic E-state index is 0.0585. The fourth-order valence-corrected chi connectivity index (χ4v) is 2.09. The van der Waals surface area contributed by atoms with Gasteiger partial charge >= 0.3 is 0 Å². The molecule has 0 aromatic heterocycles. The third kappa shape index (κ3) is 2.79. The Bertz CT molecular complexity index is 190. The van der Waals surface area contributed by atoms with Crippen LogP contribution in [0.2, 0.25) is 0 Å². The molecule has 0 saturated heterocycles. The lowest BCUT2D eigenvalue weighted by atomic mass is 9.85. The lowest BCUT2D eigenvalue weighted by molar-refractivity contribution is -0.134. The number of ketones is 1. The molecule has 3 heteroatoms. The van der Waals surface area contributed by atoms with Gasteiger partial charge in [0.1, 0.15) is 6.10 Å². The van der Waals surface area contributed by atoms with Crippen LogP contribution in [0.15, 0.2) is 0 Å². The second kappa shape index (κ2) is 5.47. The van der Waals surface area contributed by atoms with Crippen LogP contribution in [0.1, 0.15) is 33.1 Å². The highest BCUT2D eigenvalue weighted by molar-refractivity contribution is 5.86. The molecular formula is C11H21NO2. The van der Waals surface area contributed by atoms with Crippen molar-refractivity contribution in [1.82, 2.24) is 4.90 Å². The third-order valence-electron chi connectivity index (χ3n) is 3.13. The highest BCUT2D eigenvalue weighted by atomic mass is 16.3. The topological polar surface area (TPSA) is 40.5 Å². The first-order valence-corrected chi connectivity index (χ1v) is 5.63. The van der Waals surface area contributed by atoms with E-state index >= 15 is 0 Å². The van der Waals surface area contributed by atoms with Gasteiger partial charge in [-0.05, 0) is 32.4 Å². The van der Waals surface area contributed by atoms with E-state index in [1.165, 1.54) is 0 Å². The van der Waals surface area contributed by atoms with Crippen molar-refractivity contribution >= 4 is 5.78 Å². The van der Waals surface area contributed by atoms with Crippen LogP contribution in [0.5, 0.6) is 0 Å². The summed E-state index contributed by atoms with van der Waals surface area (Å²) in [5.41, 5.74) is 0. The fourth-order valence-electron chi connectivity index (χ4n) is 2.09. The first-order chi connectivity index (χ1) is 6.69. The summed E-state index contributed by atoms with van der Waals surface area (Å²) in [4.78, 5) is 13.9. The van der Waals surface area contributed by atoms with E-state index in [2.05, 4.69) is 18.7 Å². The van der Waals surface area contributed by atoms with Gasteiger partial charge in [0.05, 0.1) is 0 Å². The van der Waals surface area contributed by atoms with Crippen LogP contribution in [0.3, 0.4) is 0 Å². The van der Waals surface area contributed by atoms with Crippen LogP contribution in [0.4, 0.5) is 0 Å². The molecule has 1 aliphatic rings. The summed E-state index contributed by atoms with van der Waals surface area (Å²) in [5.74, 6) is 0.127. The van der Waals surface area contributed by atoms with Crippen LogP contribution in [-0.2, 0) is 4.79 Å². The summed E-state index contributed by atoms with van der Waals surface area (Å²) in [5, 5.41) is 9.44. The molecule has 0 bridgehead atoms. The van der Waals surface area contributed by atoms with Crippen molar-refractivity contribution in [3.63, 3.8) is 0 Å². The molecule has 1 N–H and O–H groups in total. The number of rotatable bonds is 4. The Morgan fingerprint density at radius 1 is 1.36 bits per heavy atom. The molecule has 2 atom stereocenters. The third-order valence-corrected chi connectivity index (χ3v) is 3.13. The van der Waals surface area contributed by atoms with E-state index in [0.717, 1.165) is 32.5 Å². The maximum absolute atomic E-state index is 11.6. The molecule has 1 rings (SSSR count). The second-order valence-electron chi connectivity index (χ2n) is 4.03. The molecule has 0 spiro atoms. The maximum atomic E-state index is 11.6. The predicted octanol–water partition coefficient (Wildman–Crippen LogP) is 1.06. The Morgan fingerprint density at radius 2 is 2.00 bits per heavy atom. The van der Waals surface area contributed by atoms with Crippen LogP contribution < -0.4 is 0 Å². The average Bonchev–Trinajstić information content (AvgIpc) is 2.20. The fraction of sp³-hybridized carbons (Fsp3) is 0.909. The number of carbonyl (C=O) groups excluding carboxylic acids is 1. The summed E-state index contributed by atoms with van der Waals surface area (Å²) in [6, 6.07) is 0. The average molecular weight is 199 g/mol. The molecule has 0 heterocycles. The number of aliphatic hydroxyl groups is 1. The molecule has 3 nitrogen and oxygen atoms in total. The van der Waals surface area contributed by atoms with Crippen molar-refractivity contribution in [2.75, 3.05) is 19.6 Å². The molecule has 1 saturated carbocycles. The van der Waals surface area contributed by atoms with Gasteiger partial charge in [0.2, 0.25) is 0 Å². The first kappa shape index (κ1) is 11.7. The van der Waals surface area contributed by atoms with E-state index in [1.807, 2.05) is 0 Å². The number of Topliss-reactive ketones (excluding diaryl/α,β-unsaturated/α-hetero) is 1. The first-order valence-electron chi connectivity index (χ1n) is 5.63. The van der Waals surface area contributed by atoms with E-state index in [9.17, 15) is 9.90 Å². The van der Waals surface area contributed by atoms with E-state index in [0.29, 0.717) is 6.42 Å². The highest BCUT2D eigenvalue weighted by Gasteiger charge is 2.30. The van der Waals surface area contributed by atoms with Gasteiger partial charge in [-0.1, -0.05) is 13.8 Å². The van der Waals surface area contributed by atoms with Crippen molar-refractivity contribution in [3.05, 3.63) is 0 Å². The monoisotopic (exact) mass is 199 g/mol. The predicted molar refractivity (Wildman–Crippen MR) is 56.1 cm³/mol. The minimum atomic E-state index is -0.690. The highest BCUT2D eigenvalue weighted by Crippen LogP contribution is 2.21. The zero-order chi connectivity index (χ0) is 10.6. The quantitative estimate of drug-likeness (QED) is 0.736. The molecule has 0 radical (unpaired) electrons. The maximum Gasteiger partial charge on any atom is 0.165 e.